The number of rotatable bonds is 4. The molecule has 0 bridgehead atoms. The Kier molecular flexibility index (Phi) is 4.77. The Morgan fingerprint density at radius 1 is 1.48 bits per heavy atom. The average molecular weight is 304 g/mol. The number of aliphatic hydroxyl groups is 1. The first-order chi connectivity index (χ1) is 9.97. The normalized spacial score (nSPS) is 24.5. The second kappa shape index (κ2) is 6.39. The van der Waals surface area contributed by atoms with Crippen LogP contribution >= 0.6 is 12.2 Å². The van der Waals surface area contributed by atoms with Crippen molar-refractivity contribution in [1.29, 1.82) is 0 Å². The van der Waals surface area contributed by atoms with Gasteiger partial charge in [-0.2, -0.15) is 0 Å². The minimum Gasteiger partial charge on any atom is -0.378 e. The third kappa shape index (κ3) is 3.32. The highest BCUT2D eigenvalue weighted by atomic mass is 32.1. The van der Waals surface area contributed by atoms with Crippen molar-refractivity contribution in [1.82, 2.24) is 5.32 Å². The van der Waals surface area contributed by atoms with Crippen LogP contribution in [0.2, 0.25) is 0 Å². The van der Waals surface area contributed by atoms with Crippen molar-refractivity contribution in [2.45, 2.75) is 18.6 Å². The van der Waals surface area contributed by atoms with E-state index in [1.165, 1.54) is 0 Å². The fourth-order valence-corrected chi connectivity index (χ4v) is 2.60. The molecule has 2 atom stereocenters. The van der Waals surface area contributed by atoms with Gasteiger partial charge in [0.15, 0.2) is 5.11 Å². The number of benzene rings is 1. The standard InChI is InChI=1S/C16H20N2O2S/c1-11-5-3-4-6-13(11)16(19)8-7-12(9-14(16)20-2)10-18-15(17)21/h3-9,14,19H,10H2,1-2H3,(H3,17,18,21). The second-order valence-electron chi connectivity index (χ2n) is 5.09. The van der Waals surface area contributed by atoms with Crippen molar-refractivity contribution in [2.24, 2.45) is 5.73 Å². The van der Waals surface area contributed by atoms with Crippen LogP contribution < -0.4 is 11.1 Å². The molecule has 0 saturated carbocycles. The molecule has 0 aliphatic heterocycles. The summed E-state index contributed by atoms with van der Waals surface area (Å²) < 4.78 is 5.48. The number of thiocarbonyl (C=S) groups is 1. The molecule has 0 fully saturated rings. The predicted molar refractivity (Wildman–Crippen MR) is 87.9 cm³/mol. The molecule has 0 aromatic heterocycles. The van der Waals surface area contributed by atoms with Gasteiger partial charge in [0.05, 0.1) is 0 Å². The topological polar surface area (TPSA) is 67.5 Å². The van der Waals surface area contributed by atoms with Gasteiger partial charge in [-0.05, 0) is 48.0 Å². The highest BCUT2D eigenvalue weighted by Crippen LogP contribution is 2.35. The number of hydrogen-bond acceptors (Lipinski definition) is 3. The molecule has 1 aromatic rings. The molecule has 0 heterocycles. The first kappa shape index (κ1) is 15.7. The van der Waals surface area contributed by atoms with Crippen molar-refractivity contribution in [3.05, 3.63) is 59.2 Å². The molecular weight excluding hydrogens is 284 g/mol. The summed E-state index contributed by atoms with van der Waals surface area (Å²) in [5.74, 6) is 0. The van der Waals surface area contributed by atoms with Gasteiger partial charge in [0.2, 0.25) is 0 Å². The van der Waals surface area contributed by atoms with E-state index in [4.69, 9.17) is 22.7 Å². The van der Waals surface area contributed by atoms with Crippen LogP contribution in [0.4, 0.5) is 0 Å². The zero-order valence-corrected chi connectivity index (χ0v) is 13.0. The molecule has 0 spiro atoms. The fourth-order valence-electron chi connectivity index (χ4n) is 2.53. The molecule has 0 saturated heterocycles. The molecule has 21 heavy (non-hydrogen) atoms. The number of nitrogens with one attached hydrogen (secondary N) is 1. The number of aryl methyl sites for hydroxylation is 1. The molecule has 0 radical (unpaired) electrons. The molecule has 2 rings (SSSR count). The van der Waals surface area contributed by atoms with Crippen LogP contribution in [-0.2, 0) is 10.3 Å². The molecule has 1 aromatic carbocycles. The van der Waals surface area contributed by atoms with Gasteiger partial charge < -0.3 is 20.9 Å². The Bertz CT molecular complexity index is 598. The van der Waals surface area contributed by atoms with E-state index in [0.29, 0.717) is 6.54 Å². The van der Waals surface area contributed by atoms with E-state index >= 15 is 0 Å². The number of hydrogen-bond donors (Lipinski definition) is 3. The predicted octanol–water partition coefficient (Wildman–Crippen LogP) is 1.53. The van der Waals surface area contributed by atoms with Crippen LogP contribution in [0.5, 0.6) is 0 Å². The van der Waals surface area contributed by atoms with Crippen molar-refractivity contribution in [3.8, 4) is 0 Å². The summed E-state index contributed by atoms with van der Waals surface area (Å²) in [7, 11) is 1.59. The highest BCUT2D eigenvalue weighted by molar-refractivity contribution is 7.80. The summed E-state index contributed by atoms with van der Waals surface area (Å²) in [5, 5.41) is 14.2. The molecule has 2 unspecified atom stereocenters. The second-order valence-corrected chi connectivity index (χ2v) is 5.53. The monoisotopic (exact) mass is 304 g/mol. The van der Waals surface area contributed by atoms with Crippen molar-refractivity contribution >= 4 is 17.3 Å². The van der Waals surface area contributed by atoms with E-state index in [1.807, 2.05) is 43.3 Å². The minimum atomic E-state index is -1.17. The Morgan fingerprint density at radius 3 is 2.81 bits per heavy atom. The average Bonchev–Trinajstić information content (AvgIpc) is 2.46. The number of methoxy groups -OCH3 is 1. The summed E-state index contributed by atoms with van der Waals surface area (Å²) in [6.07, 6.45) is 5.05. The van der Waals surface area contributed by atoms with Crippen molar-refractivity contribution in [3.63, 3.8) is 0 Å². The van der Waals surface area contributed by atoms with Gasteiger partial charge in [-0.15, -0.1) is 0 Å². The molecule has 4 nitrogen and oxygen atoms in total. The van der Waals surface area contributed by atoms with Crippen molar-refractivity contribution in [2.75, 3.05) is 13.7 Å². The van der Waals surface area contributed by atoms with E-state index in [1.54, 1.807) is 13.2 Å². The van der Waals surface area contributed by atoms with Crippen LogP contribution in [0.3, 0.4) is 0 Å². The van der Waals surface area contributed by atoms with Gasteiger partial charge >= 0.3 is 0 Å². The number of ether oxygens (including phenoxy) is 1. The summed E-state index contributed by atoms with van der Waals surface area (Å²) in [5.41, 5.74) is 7.08. The van der Waals surface area contributed by atoms with Crippen LogP contribution in [0.15, 0.2) is 48.1 Å². The SMILES string of the molecule is COC1C=C(CNC(N)=S)C=CC1(O)c1ccccc1C. The summed E-state index contributed by atoms with van der Waals surface area (Å²) in [6.45, 7) is 2.48. The van der Waals surface area contributed by atoms with Crippen LogP contribution in [-0.4, -0.2) is 30.0 Å². The smallest absolute Gasteiger partial charge is 0.163 e. The summed E-state index contributed by atoms with van der Waals surface area (Å²) in [4.78, 5) is 0. The molecule has 112 valence electrons. The summed E-state index contributed by atoms with van der Waals surface area (Å²) in [6, 6.07) is 7.75. The zero-order chi connectivity index (χ0) is 15.5. The van der Waals surface area contributed by atoms with Gasteiger partial charge in [0.25, 0.3) is 0 Å². The van der Waals surface area contributed by atoms with Crippen LogP contribution in [0, 0.1) is 6.92 Å². The van der Waals surface area contributed by atoms with Gasteiger partial charge in [-0.3, -0.25) is 0 Å². The molecule has 4 N–H and O–H groups in total. The van der Waals surface area contributed by atoms with Gasteiger partial charge in [-0.25, -0.2) is 0 Å². The van der Waals surface area contributed by atoms with Gasteiger partial charge in [0, 0.05) is 13.7 Å². The first-order valence-corrected chi connectivity index (χ1v) is 7.12. The fraction of sp³-hybridized carbons (Fsp3) is 0.312. The minimum absolute atomic E-state index is 0.248. The maximum Gasteiger partial charge on any atom is 0.163 e. The lowest BCUT2D eigenvalue weighted by Crippen LogP contribution is -2.41. The Hall–Kier alpha value is -1.69. The van der Waals surface area contributed by atoms with E-state index in [9.17, 15) is 5.11 Å². The largest absolute Gasteiger partial charge is 0.378 e. The van der Waals surface area contributed by atoms with Gasteiger partial charge in [-0.1, -0.05) is 30.3 Å². The maximum atomic E-state index is 11.1. The molecule has 5 heteroatoms. The quantitative estimate of drug-likeness (QED) is 0.736. The Balaban J connectivity index is 2.29. The van der Waals surface area contributed by atoms with Gasteiger partial charge in [0.1, 0.15) is 11.7 Å². The lowest BCUT2D eigenvalue weighted by atomic mass is 9.81. The third-order valence-corrected chi connectivity index (χ3v) is 3.79. The highest BCUT2D eigenvalue weighted by Gasteiger charge is 2.38. The first-order valence-electron chi connectivity index (χ1n) is 6.72. The molecule has 1 aliphatic carbocycles. The molecule has 0 amide bonds. The van der Waals surface area contributed by atoms with Crippen molar-refractivity contribution < 1.29 is 9.84 Å². The van der Waals surface area contributed by atoms with E-state index < -0.39 is 11.7 Å². The lowest BCUT2D eigenvalue weighted by molar-refractivity contribution is -0.0431. The van der Waals surface area contributed by atoms with E-state index in [-0.39, 0.29) is 5.11 Å². The van der Waals surface area contributed by atoms with Crippen LogP contribution in [0.25, 0.3) is 0 Å². The van der Waals surface area contributed by atoms with E-state index in [0.717, 1.165) is 16.7 Å². The number of nitrogens with two attached hydrogens (primary N) is 1. The Labute approximate surface area is 130 Å². The maximum absolute atomic E-state index is 11.1. The van der Waals surface area contributed by atoms with E-state index in [2.05, 4.69) is 5.32 Å². The Morgan fingerprint density at radius 2 is 2.19 bits per heavy atom. The summed E-state index contributed by atoms with van der Waals surface area (Å²) >= 11 is 4.80. The molecular formula is C16H20N2O2S. The van der Waals surface area contributed by atoms with Crippen LogP contribution in [0.1, 0.15) is 11.1 Å². The lowest BCUT2D eigenvalue weighted by Gasteiger charge is -2.35. The zero-order valence-electron chi connectivity index (χ0n) is 12.2. The molecule has 1 aliphatic rings. The third-order valence-electron chi connectivity index (χ3n) is 3.65.